The molecule has 0 aromatic carbocycles. The summed E-state index contributed by atoms with van der Waals surface area (Å²) in [5, 5.41) is 6.29. The summed E-state index contributed by atoms with van der Waals surface area (Å²) in [6.45, 7) is 8.57. The molecule has 0 saturated heterocycles. The van der Waals surface area contributed by atoms with Crippen LogP contribution in [0.4, 0.5) is 0 Å². The number of hydrogen-bond donors (Lipinski definition) is 2. The zero-order valence-electron chi connectivity index (χ0n) is 15.3. The van der Waals surface area contributed by atoms with Crippen LogP contribution in [0.15, 0.2) is 15.5 Å². The van der Waals surface area contributed by atoms with Gasteiger partial charge in [0.05, 0.1) is 20.3 Å². The summed E-state index contributed by atoms with van der Waals surface area (Å²) in [7, 11) is 3.05. The summed E-state index contributed by atoms with van der Waals surface area (Å²) >= 11 is 0. The first-order chi connectivity index (χ1) is 11.5. The van der Waals surface area contributed by atoms with Gasteiger partial charge in [-0.1, -0.05) is 13.8 Å². The van der Waals surface area contributed by atoms with E-state index < -0.39 is 5.97 Å². The highest BCUT2D eigenvalue weighted by molar-refractivity contribution is 5.90. The summed E-state index contributed by atoms with van der Waals surface area (Å²) < 4.78 is 15.8. The molecular formula is C17H29N3O4. The number of guanidine groups is 1. The zero-order valence-corrected chi connectivity index (χ0v) is 15.3. The van der Waals surface area contributed by atoms with Crippen LogP contribution in [0.3, 0.4) is 0 Å². The molecule has 0 atom stereocenters. The number of nitrogens with zero attached hydrogens (tertiary/aromatic N) is 1. The fraction of sp³-hybridized carbons (Fsp3) is 0.647. The van der Waals surface area contributed by atoms with E-state index in [4.69, 9.17) is 13.9 Å². The molecule has 0 bridgehead atoms. The Balaban J connectivity index is 2.33. The average Bonchev–Trinajstić information content (AvgIpc) is 2.93. The van der Waals surface area contributed by atoms with Crippen LogP contribution in [0.25, 0.3) is 0 Å². The average molecular weight is 339 g/mol. The highest BCUT2D eigenvalue weighted by Crippen LogP contribution is 2.15. The van der Waals surface area contributed by atoms with Gasteiger partial charge < -0.3 is 24.5 Å². The minimum absolute atomic E-state index is 0.399. The Hall–Kier alpha value is -2.02. The molecule has 136 valence electrons. The van der Waals surface area contributed by atoms with Gasteiger partial charge in [-0.2, -0.15) is 0 Å². The van der Waals surface area contributed by atoms with Gasteiger partial charge in [0.1, 0.15) is 17.1 Å². The second kappa shape index (κ2) is 10.7. The molecular weight excluding hydrogens is 310 g/mol. The maximum atomic E-state index is 11.6. The van der Waals surface area contributed by atoms with E-state index in [1.807, 2.05) is 0 Å². The van der Waals surface area contributed by atoms with Gasteiger partial charge in [0, 0.05) is 20.2 Å². The number of hydrogen-bond acceptors (Lipinski definition) is 5. The van der Waals surface area contributed by atoms with Crippen molar-refractivity contribution in [3.05, 3.63) is 23.2 Å². The molecule has 0 fully saturated rings. The van der Waals surface area contributed by atoms with Crippen LogP contribution < -0.4 is 10.6 Å². The third-order valence-electron chi connectivity index (χ3n) is 3.41. The van der Waals surface area contributed by atoms with E-state index >= 15 is 0 Å². The normalized spacial score (nSPS) is 11.7. The van der Waals surface area contributed by atoms with Crippen molar-refractivity contribution in [2.24, 2.45) is 10.9 Å². The number of esters is 1. The smallest absolute Gasteiger partial charge is 0.341 e. The Morgan fingerprint density at radius 1 is 1.33 bits per heavy atom. The van der Waals surface area contributed by atoms with Crippen LogP contribution in [0.1, 0.15) is 42.1 Å². The van der Waals surface area contributed by atoms with E-state index in [2.05, 4.69) is 29.5 Å². The molecule has 7 heteroatoms. The highest BCUT2D eigenvalue weighted by atomic mass is 16.5. The molecule has 1 aromatic heterocycles. The molecule has 24 heavy (non-hydrogen) atoms. The molecule has 0 saturated carbocycles. The van der Waals surface area contributed by atoms with E-state index in [1.165, 1.54) is 7.11 Å². The lowest BCUT2D eigenvalue weighted by Gasteiger charge is -2.11. The second-order valence-corrected chi connectivity index (χ2v) is 5.82. The van der Waals surface area contributed by atoms with Gasteiger partial charge in [0.2, 0.25) is 0 Å². The van der Waals surface area contributed by atoms with E-state index in [0.29, 0.717) is 48.7 Å². The third kappa shape index (κ3) is 7.04. The summed E-state index contributed by atoms with van der Waals surface area (Å²) in [6.07, 6.45) is 1.06. The van der Waals surface area contributed by atoms with Crippen LogP contribution in [0.2, 0.25) is 0 Å². The molecule has 2 N–H and O–H groups in total. The van der Waals surface area contributed by atoms with E-state index in [1.54, 1.807) is 20.0 Å². The first-order valence-corrected chi connectivity index (χ1v) is 8.17. The van der Waals surface area contributed by atoms with Crippen molar-refractivity contribution in [2.75, 3.05) is 33.9 Å². The van der Waals surface area contributed by atoms with Crippen LogP contribution in [-0.4, -0.2) is 45.8 Å². The predicted octanol–water partition coefficient (Wildman–Crippen LogP) is 2.10. The van der Waals surface area contributed by atoms with Crippen molar-refractivity contribution in [3.8, 4) is 0 Å². The molecule has 0 unspecified atom stereocenters. The van der Waals surface area contributed by atoms with Gasteiger partial charge in [0.25, 0.3) is 0 Å². The maximum Gasteiger partial charge on any atom is 0.341 e. The lowest BCUT2D eigenvalue weighted by molar-refractivity contribution is 0.0599. The van der Waals surface area contributed by atoms with Gasteiger partial charge in [0.15, 0.2) is 5.96 Å². The molecule has 0 radical (unpaired) electrons. The molecule has 0 spiro atoms. The molecule has 0 aliphatic carbocycles. The summed E-state index contributed by atoms with van der Waals surface area (Å²) in [5.41, 5.74) is 0.441. The Bertz CT molecular complexity index is 538. The minimum Gasteiger partial charge on any atom is -0.465 e. The Kier molecular flexibility index (Phi) is 8.93. The topological polar surface area (TPSA) is 85.1 Å². The van der Waals surface area contributed by atoms with Crippen LogP contribution in [-0.2, 0) is 16.0 Å². The number of ether oxygens (including phenoxy) is 2. The number of carbonyl (C=O) groups excluding carboxylic acids is 1. The van der Waals surface area contributed by atoms with Crippen LogP contribution >= 0.6 is 0 Å². The zero-order chi connectivity index (χ0) is 17.9. The number of nitrogens with one attached hydrogen (secondary N) is 2. The fourth-order valence-corrected chi connectivity index (χ4v) is 2.00. The number of methoxy groups -OCH3 is 1. The molecule has 7 nitrogen and oxygen atoms in total. The first-order valence-electron chi connectivity index (χ1n) is 8.17. The van der Waals surface area contributed by atoms with Crippen LogP contribution in [0, 0.1) is 12.8 Å². The number of rotatable bonds is 9. The number of aliphatic imine (C=N–C) groups is 1. The lowest BCUT2D eigenvalue weighted by atomic mass is 10.1. The van der Waals surface area contributed by atoms with Gasteiger partial charge in [-0.3, -0.25) is 4.99 Å². The van der Waals surface area contributed by atoms with Gasteiger partial charge in [-0.15, -0.1) is 0 Å². The fourth-order valence-electron chi connectivity index (χ4n) is 2.00. The highest BCUT2D eigenvalue weighted by Gasteiger charge is 2.15. The molecule has 1 rings (SSSR count). The number of furan rings is 1. The Labute approximate surface area is 143 Å². The quantitative estimate of drug-likeness (QED) is 0.310. The summed E-state index contributed by atoms with van der Waals surface area (Å²) in [6, 6.07) is 1.68. The van der Waals surface area contributed by atoms with Gasteiger partial charge >= 0.3 is 5.97 Å². The lowest BCUT2D eigenvalue weighted by Crippen LogP contribution is -2.38. The standard InChI is InChI=1S/C17H29N3O4/c1-12(2)6-8-23-9-7-19-17(18-4)20-11-14-10-15(13(3)24-14)16(21)22-5/h10,12H,6-9,11H2,1-5H3,(H2,18,19,20). The Morgan fingerprint density at radius 3 is 2.71 bits per heavy atom. The SMILES string of the molecule is CN=C(NCCOCCC(C)C)NCc1cc(C(=O)OC)c(C)o1. The van der Waals surface area contributed by atoms with E-state index in [9.17, 15) is 4.79 Å². The third-order valence-corrected chi connectivity index (χ3v) is 3.41. The van der Waals surface area contributed by atoms with Crippen molar-refractivity contribution in [2.45, 2.75) is 33.7 Å². The largest absolute Gasteiger partial charge is 0.465 e. The van der Waals surface area contributed by atoms with Crippen LogP contribution in [0.5, 0.6) is 0 Å². The minimum atomic E-state index is -0.399. The van der Waals surface area contributed by atoms with Crippen molar-refractivity contribution >= 4 is 11.9 Å². The maximum absolute atomic E-state index is 11.6. The summed E-state index contributed by atoms with van der Waals surface area (Å²) in [5.74, 6) is 2.09. The van der Waals surface area contributed by atoms with Crippen molar-refractivity contribution < 1.29 is 18.7 Å². The van der Waals surface area contributed by atoms with Crippen molar-refractivity contribution in [1.29, 1.82) is 0 Å². The molecule has 0 aliphatic heterocycles. The van der Waals surface area contributed by atoms with Crippen molar-refractivity contribution in [3.63, 3.8) is 0 Å². The molecule has 0 aliphatic rings. The molecule has 1 aromatic rings. The number of aryl methyl sites for hydroxylation is 1. The molecule has 0 amide bonds. The van der Waals surface area contributed by atoms with E-state index in [-0.39, 0.29) is 0 Å². The van der Waals surface area contributed by atoms with E-state index in [0.717, 1.165) is 13.0 Å². The summed E-state index contributed by atoms with van der Waals surface area (Å²) in [4.78, 5) is 15.7. The Morgan fingerprint density at radius 2 is 2.08 bits per heavy atom. The monoisotopic (exact) mass is 339 g/mol. The molecule has 1 heterocycles. The number of carbonyl (C=O) groups is 1. The second-order valence-electron chi connectivity index (χ2n) is 5.82. The van der Waals surface area contributed by atoms with Gasteiger partial charge in [-0.05, 0) is 25.3 Å². The van der Waals surface area contributed by atoms with Gasteiger partial charge in [-0.25, -0.2) is 4.79 Å². The van der Waals surface area contributed by atoms with Crippen molar-refractivity contribution in [1.82, 2.24) is 10.6 Å². The first kappa shape index (κ1) is 20.0. The predicted molar refractivity (Wildman–Crippen MR) is 93.3 cm³/mol.